The third-order valence-electron chi connectivity index (χ3n) is 3.40. The number of rotatable bonds is 4. The first kappa shape index (κ1) is 15.7. The zero-order valence-corrected chi connectivity index (χ0v) is 13.4. The number of nitrogens with zero attached hydrogens (tertiary/aromatic N) is 2. The molecule has 122 valence electrons. The van der Waals surface area contributed by atoms with E-state index in [0.717, 1.165) is 5.56 Å². The topological polar surface area (TPSA) is 72.7 Å². The zero-order valence-electron chi connectivity index (χ0n) is 13.4. The van der Waals surface area contributed by atoms with Crippen molar-refractivity contribution in [2.24, 2.45) is 0 Å². The van der Waals surface area contributed by atoms with Crippen LogP contribution in [0, 0.1) is 6.92 Å². The minimum atomic E-state index is -0.147. The predicted molar refractivity (Wildman–Crippen MR) is 91.3 cm³/mol. The van der Waals surface area contributed by atoms with E-state index >= 15 is 0 Å². The van der Waals surface area contributed by atoms with Crippen molar-refractivity contribution in [1.29, 1.82) is 0 Å². The number of carbonyl (C=O) groups excluding carboxylic acids is 1. The lowest BCUT2D eigenvalue weighted by Crippen LogP contribution is -2.16. The quantitative estimate of drug-likeness (QED) is 0.801. The van der Waals surface area contributed by atoms with Crippen LogP contribution in [0.1, 0.15) is 18.2 Å². The summed E-state index contributed by atoms with van der Waals surface area (Å²) >= 11 is 0. The van der Waals surface area contributed by atoms with Gasteiger partial charge < -0.3 is 10.1 Å². The number of anilines is 1. The number of ether oxygens (including phenoxy) is 1. The van der Waals surface area contributed by atoms with Gasteiger partial charge in [-0.3, -0.25) is 14.0 Å². The number of fused-ring (bicyclic) bond motifs is 1. The molecule has 0 aliphatic rings. The average molecular weight is 323 g/mol. The average Bonchev–Trinajstić information content (AvgIpc) is 2.53. The Labute approximate surface area is 138 Å². The van der Waals surface area contributed by atoms with Crippen molar-refractivity contribution in [2.45, 2.75) is 20.5 Å². The zero-order chi connectivity index (χ0) is 17.1. The molecule has 0 aliphatic carbocycles. The highest BCUT2D eigenvalue weighted by Gasteiger charge is 2.04. The number of aromatic nitrogens is 2. The van der Waals surface area contributed by atoms with Crippen LogP contribution >= 0.6 is 0 Å². The number of pyridine rings is 1. The number of amides is 1. The van der Waals surface area contributed by atoms with E-state index in [1.54, 1.807) is 36.5 Å². The molecule has 0 atom stereocenters. The smallest absolute Gasteiger partial charge is 0.258 e. The van der Waals surface area contributed by atoms with Crippen molar-refractivity contribution in [3.8, 4) is 5.75 Å². The third kappa shape index (κ3) is 3.60. The van der Waals surface area contributed by atoms with Gasteiger partial charge in [0.1, 0.15) is 18.0 Å². The van der Waals surface area contributed by atoms with Crippen molar-refractivity contribution < 1.29 is 9.53 Å². The van der Waals surface area contributed by atoms with Gasteiger partial charge in [-0.25, -0.2) is 4.98 Å². The second kappa shape index (κ2) is 6.54. The molecule has 0 spiro atoms. The molecule has 6 nitrogen and oxygen atoms in total. The van der Waals surface area contributed by atoms with Crippen molar-refractivity contribution >= 4 is 17.2 Å². The molecule has 0 saturated heterocycles. The van der Waals surface area contributed by atoms with E-state index in [2.05, 4.69) is 10.3 Å². The van der Waals surface area contributed by atoms with E-state index in [1.165, 1.54) is 17.4 Å². The van der Waals surface area contributed by atoms with E-state index < -0.39 is 0 Å². The minimum absolute atomic E-state index is 0.144. The second-order valence-corrected chi connectivity index (χ2v) is 5.52. The van der Waals surface area contributed by atoms with Gasteiger partial charge in [0.2, 0.25) is 5.91 Å². The molecule has 1 aromatic carbocycles. The lowest BCUT2D eigenvalue weighted by molar-refractivity contribution is -0.114. The Morgan fingerprint density at radius 3 is 2.88 bits per heavy atom. The van der Waals surface area contributed by atoms with Gasteiger partial charge in [0.25, 0.3) is 5.56 Å². The van der Waals surface area contributed by atoms with E-state index in [4.69, 9.17) is 4.74 Å². The normalized spacial score (nSPS) is 10.6. The molecule has 0 radical (unpaired) electrons. The summed E-state index contributed by atoms with van der Waals surface area (Å²) < 4.78 is 7.19. The molecule has 24 heavy (non-hydrogen) atoms. The van der Waals surface area contributed by atoms with Gasteiger partial charge in [0.15, 0.2) is 0 Å². The first-order valence-electron chi connectivity index (χ1n) is 7.51. The second-order valence-electron chi connectivity index (χ2n) is 5.52. The molecule has 6 heteroatoms. The standard InChI is InChI=1S/C18H17N3O3/c1-12-6-7-17-20-15(9-18(23)21(17)10-12)11-24-16-5-3-4-14(8-16)19-13(2)22/h3-10H,11H2,1-2H3,(H,19,22). The molecule has 2 heterocycles. The van der Waals surface area contributed by atoms with Crippen molar-refractivity contribution in [3.05, 3.63) is 70.3 Å². The molecular weight excluding hydrogens is 306 g/mol. The van der Waals surface area contributed by atoms with Gasteiger partial charge in [-0.2, -0.15) is 0 Å². The lowest BCUT2D eigenvalue weighted by atomic mass is 10.3. The number of benzene rings is 1. The molecule has 3 aromatic rings. The SMILES string of the molecule is CC(=O)Nc1cccc(OCc2cc(=O)n3cc(C)ccc3n2)c1. The summed E-state index contributed by atoms with van der Waals surface area (Å²) in [4.78, 5) is 27.7. The largest absolute Gasteiger partial charge is 0.487 e. The van der Waals surface area contributed by atoms with Gasteiger partial charge in [-0.1, -0.05) is 12.1 Å². The Hall–Kier alpha value is -3.15. The number of carbonyl (C=O) groups is 1. The number of nitrogens with one attached hydrogen (secondary N) is 1. The first-order chi connectivity index (χ1) is 11.5. The van der Waals surface area contributed by atoms with E-state index in [1.807, 2.05) is 13.0 Å². The fraction of sp³-hybridized carbons (Fsp3) is 0.167. The number of hydrogen-bond donors (Lipinski definition) is 1. The van der Waals surface area contributed by atoms with Crippen molar-refractivity contribution in [1.82, 2.24) is 9.38 Å². The molecule has 3 rings (SSSR count). The Kier molecular flexibility index (Phi) is 4.29. The fourth-order valence-corrected chi connectivity index (χ4v) is 2.36. The van der Waals surface area contributed by atoms with Crippen LogP contribution in [0.25, 0.3) is 5.65 Å². The molecule has 1 amide bonds. The summed E-state index contributed by atoms with van der Waals surface area (Å²) in [7, 11) is 0. The molecule has 0 aliphatic heterocycles. The maximum atomic E-state index is 12.2. The Balaban J connectivity index is 1.80. The van der Waals surface area contributed by atoms with Gasteiger partial charge >= 0.3 is 0 Å². The Morgan fingerprint density at radius 1 is 1.25 bits per heavy atom. The Morgan fingerprint density at radius 2 is 2.08 bits per heavy atom. The third-order valence-corrected chi connectivity index (χ3v) is 3.40. The Bertz CT molecular complexity index is 963. The highest BCUT2D eigenvalue weighted by atomic mass is 16.5. The summed E-state index contributed by atoms with van der Waals surface area (Å²) in [6, 6.07) is 12.2. The summed E-state index contributed by atoms with van der Waals surface area (Å²) in [5.74, 6) is 0.443. The highest BCUT2D eigenvalue weighted by Crippen LogP contribution is 2.18. The van der Waals surface area contributed by atoms with E-state index in [0.29, 0.717) is 22.8 Å². The monoisotopic (exact) mass is 323 g/mol. The molecule has 0 unspecified atom stereocenters. The van der Waals surface area contributed by atoms with Gasteiger partial charge in [0, 0.05) is 30.9 Å². The maximum absolute atomic E-state index is 12.2. The maximum Gasteiger partial charge on any atom is 0.258 e. The molecule has 0 saturated carbocycles. The first-order valence-corrected chi connectivity index (χ1v) is 7.51. The van der Waals surface area contributed by atoms with E-state index in [-0.39, 0.29) is 18.1 Å². The van der Waals surface area contributed by atoms with Crippen LogP contribution in [0.4, 0.5) is 5.69 Å². The van der Waals surface area contributed by atoms with Gasteiger partial charge in [0.05, 0.1) is 5.69 Å². The summed E-state index contributed by atoms with van der Waals surface area (Å²) in [5, 5.41) is 2.69. The summed E-state index contributed by atoms with van der Waals surface area (Å²) in [6.07, 6.45) is 1.76. The van der Waals surface area contributed by atoms with Crippen LogP contribution in [0.5, 0.6) is 5.75 Å². The van der Waals surface area contributed by atoms with Crippen molar-refractivity contribution in [3.63, 3.8) is 0 Å². The molecule has 0 fully saturated rings. The number of aryl methyl sites for hydroxylation is 1. The lowest BCUT2D eigenvalue weighted by Gasteiger charge is -2.09. The molecule has 1 N–H and O–H groups in total. The van der Waals surface area contributed by atoms with Crippen LogP contribution in [0.3, 0.4) is 0 Å². The van der Waals surface area contributed by atoms with Crippen LogP contribution in [0.2, 0.25) is 0 Å². The molecular formula is C18H17N3O3. The minimum Gasteiger partial charge on any atom is -0.487 e. The van der Waals surface area contributed by atoms with Crippen LogP contribution < -0.4 is 15.6 Å². The van der Waals surface area contributed by atoms with Crippen LogP contribution in [-0.4, -0.2) is 15.3 Å². The highest BCUT2D eigenvalue weighted by molar-refractivity contribution is 5.88. The summed E-state index contributed by atoms with van der Waals surface area (Å²) in [6.45, 7) is 3.54. The van der Waals surface area contributed by atoms with Crippen LogP contribution in [0.15, 0.2) is 53.5 Å². The van der Waals surface area contributed by atoms with Crippen LogP contribution in [-0.2, 0) is 11.4 Å². The predicted octanol–water partition coefficient (Wildman–Crippen LogP) is 2.54. The fourth-order valence-electron chi connectivity index (χ4n) is 2.36. The van der Waals surface area contributed by atoms with Gasteiger partial charge in [-0.05, 0) is 30.7 Å². The summed E-state index contributed by atoms with van der Waals surface area (Å²) in [5.41, 5.74) is 2.63. The van der Waals surface area contributed by atoms with Gasteiger partial charge in [-0.15, -0.1) is 0 Å². The van der Waals surface area contributed by atoms with E-state index in [9.17, 15) is 9.59 Å². The van der Waals surface area contributed by atoms with Crippen molar-refractivity contribution in [2.75, 3.05) is 5.32 Å². The number of hydrogen-bond acceptors (Lipinski definition) is 4. The molecule has 2 aromatic heterocycles. The molecule has 0 bridgehead atoms.